The Morgan fingerprint density at radius 1 is 0.340 bits per heavy atom. The average molecular weight is 643 g/mol. The predicted octanol–water partition coefficient (Wildman–Crippen LogP) is 15.6. The van der Waals surface area contributed by atoms with E-state index in [1.165, 1.54) is 181 Å². The summed E-state index contributed by atoms with van der Waals surface area (Å²) < 4.78 is 0. The maximum Gasteiger partial charge on any atom is 0.0639 e. The van der Waals surface area contributed by atoms with Crippen LogP contribution in [0.25, 0.3) is 0 Å². The Balaban J connectivity index is 1.76. The van der Waals surface area contributed by atoms with E-state index in [-0.39, 0.29) is 0 Å². The van der Waals surface area contributed by atoms with Crippen LogP contribution in [0.15, 0.2) is 46.4 Å². The lowest BCUT2D eigenvalue weighted by Gasteiger charge is -2.13. The third kappa shape index (κ3) is 20.7. The molecule has 0 heterocycles. The summed E-state index contributed by atoms with van der Waals surface area (Å²) in [6.07, 6.45) is 33.9. The molecule has 0 saturated heterocycles. The van der Waals surface area contributed by atoms with Gasteiger partial charge in [0.2, 0.25) is 0 Å². The summed E-state index contributed by atoms with van der Waals surface area (Å²) in [5.74, 6) is 0. The van der Waals surface area contributed by atoms with E-state index in [2.05, 4.69) is 77.9 Å². The second-order valence-corrected chi connectivity index (χ2v) is 14.7. The topological polar surface area (TPSA) is 24.7 Å². The fraction of sp³-hybridized carbons (Fsp3) is 0.689. The minimum Gasteiger partial charge on any atom is -0.252 e. The van der Waals surface area contributed by atoms with Gasteiger partial charge >= 0.3 is 0 Å². The molecule has 0 aliphatic carbocycles. The molecule has 2 nitrogen and oxygen atoms in total. The van der Waals surface area contributed by atoms with Gasteiger partial charge in [-0.15, -0.1) is 0 Å². The van der Waals surface area contributed by atoms with Crippen molar-refractivity contribution in [1.82, 2.24) is 0 Å². The molecule has 0 atom stereocenters. The van der Waals surface area contributed by atoms with Crippen molar-refractivity contribution in [3.63, 3.8) is 0 Å². The van der Waals surface area contributed by atoms with Crippen molar-refractivity contribution in [2.45, 2.75) is 202 Å². The zero-order valence-electron chi connectivity index (χ0n) is 32.0. The number of hydrogen-bond acceptors (Lipinski definition) is 2. The molecular weight excluding hydrogens is 569 g/mol. The molecule has 0 aliphatic heterocycles. The summed E-state index contributed by atoms with van der Waals surface area (Å²) in [6, 6.07) is 13.4. The van der Waals surface area contributed by atoms with Crippen LogP contribution in [0.5, 0.6) is 0 Å². The summed E-state index contributed by atoms with van der Waals surface area (Å²) in [5, 5.41) is 0. The van der Waals surface area contributed by atoms with Crippen LogP contribution in [0, 0.1) is 27.7 Å². The summed E-state index contributed by atoms with van der Waals surface area (Å²) in [7, 11) is 0. The Morgan fingerprint density at radius 3 is 0.872 bits per heavy atom. The molecule has 0 fully saturated rings. The van der Waals surface area contributed by atoms with E-state index < -0.39 is 0 Å². The summed E-state index contributed by atoms with van der Waals surface area (Å²) in [5.41, 5.74) is 9.66. The minimum absolute atomic E-state index is 1.00. The van der Waals surface area contributed by atoms with Crippen LogP contribution < -0.4 is 0 Å². The second-order valence-electron chi connectivity index (χ2n) is 14.7. The van der Waals surface area contributed by atoms with E-state index >= 15 is 0 Å². The number of aliphatic imine (C=N–C) groups is 2. The lowest BCUT2D eigenvalue weighted by atomic mass is 10.00. The lowest BCUT2D eigenvalue weighted by Crippen LogP contribution is -2.14. The smallest absolute Gasteiger partial charge is 0.0639 e. The van der Waals surface area contributed by atoms with Gasteiger partial charge in [0.15, 0.2) is 0 Å². The number of benzene rings is 2. The maximum absolute atomic E-state index is 5.31. The first kappa shape index (κ1) is 41.0. The molecule has 0 aromatic heterocycles. The van der Waals surface area contributed by atoms with Gasteiger partial charge in [0.1, 0.15) is 0 Å². The molecular formula is C45H74N2. The highest BCUT2D eigenvalue weighted by molar-refractivity contribution is 6.43. The lowest BCUT2D eigenvalue weighted by molar-refractivity contribution is 0.522. The SMILES string of the molecule is CCCCCCCCCCCCCCCCCCCCCCC(=Nc1cc(C)cc(C)c1)C(CCCCC)=Nc1cc(C)cc(C)c1. The minimum atomic E-state index is 1.00. The first-order valence-electron chi connectivity index (χ1n) is 20.2. The van der Waals surface area contributed by atoms with Crippen LogP contribution in [-0.2, 0) is 0 Å². The van der Waals surface area contributed by atoms with Gasteiger partial charge < -0.3 is 0 Å². The van der Waals surface area contributed by atoms with Gasteiger partial charge in [0, 0.05) is 0 Å². The zero-order chi connectivity index (χ0) is 34.0. The van der Waals surface area contributed by atoms with E-state index in [1.807, 2.05) is 0 Å². The van der Waals surface area contributed by atoms with Gasteiger partial charge in [-0.3, -0.25) is 9.98 Å². The number of rotatable bonds is 28. The Kier molecular flexibility index (Phi) is 23.3. The Bertz CT molecular complexity index is 1100. The normalized spacial score (nSPS) is 12.3. The molecule has 2 heteroatoms. The third-order valence-corrected chi connectivity index (χ3v) is 9.56. The van der Waals surface area contributed by atoms with Crippen molar-refractivity contribution < 1.29 is 0 Å². The van der Waals surface area contributed by atoms with Gasteiger partial charge in [0.25, 0.3) is 0 Å². The number of hydrogen-bond donors (Lipinski definition) is 0. The molecule has 0 spiro atoms. The van der Waals surface area contributed by atoms with Crippen LogP contribution in [0.2, 0.25) is 0 Å². The van der Waals surface area contributed by atoms with Gasteiger partial charge in [0.05, 0.1) is 22.8 Å². The van der Waals surface area contributed by atoms with Gasteiger partial charge in [-0.2, -0.15) is 0 Å². The van der Waals surface area contributed by atoms with Crippen molar-refractivity contribution in [2.24, 2.45) is 9.98 Å². The molecule has 264 valence electrons. The number of aryl methyl sites for hydroxylation is 4. The fourth-order valence-electron chi connectivity index (χ4n) is 6.96. The van der Waals surface area contributed by atoms with Crippen molar-refractivity contribution in [3.05, 3.63) is 58.7 Å². The maximum atomic E-state index is 5.31. The van der Waals surface area contributed by atoms with Gasteiger partial charge in [-0.05, 0) is 99.9 Å². The average Bonchev–Trinajstić information content (AvgIpc) is 3.02. The molecule has 2 aromatic rings. The molecule has 0 amide bonds. The van der Waals surface area contributed by atoms with Crippen LogP contribution in [0.4, 0.5) is 11.4 Å². The Hall–Kier alpha value is -2.22. The molecule has 0 unspecified atom stereocenters. The molecule has 0 N–H and O–H groups in total. The van der Waals surface area contributed by atoms with Crippen LogP contribution in [0.3, 0.4) is 0 Å². The van der Waals surface area contributed by atoms with E-state index in [1.54, 1.807) is 0 Å². The van der Waals surface area contributed by atoms with Crippen LogP contribution in [0.1, 0.15) is 197 Å². The monoisotopic (exact) mass is 643 g/mol. The van der Waals surface area contributed by atoms with E-state index in [9.17, 15) is 0 Å². The summed E-state index contributed by atoms with van der Waals surface area (Å²) in [4.78, 5) is 10.6. The Labute approximate surface area is 292 Å². The number of nitrogens with zero attached hydrogens (tertiary/aromatic N) is 2. The summed E-state index contributed by atoms with van der Waals surface area (Å²) >= 11 is 0. The highest BCUT2D eigenvalue weighted by Gasteiger charge is 2.12. The molecule has 2 rings (SSSR count). The highest BCUT2D eigenvalue weighted by Crippen LogP contribution is 2.23. The Morgan fingerprint density at radius 2 is 0.574 bits per heavy atom. The van der Waals surface area contributed by atoms with E-state index in [0.29, 0.717) is 0 Å². The van der Waals surface area contributed by atoms with Gasteiger partial charge in [-0.25, -0.2) is 0 Å². The van der Waals surface area contributed by atoms with Crippen molar-refractivity contribution in [1.29, 1.82) is 0 Å². The summed E-state index contributed by atoms with van der Waals surface area (Å²) in [6.45, 7) is 13.3. The predicted molar refractivity (Wildman–Crippen MR) is 213 cm³/mol. The van der Waals surface area contributed by atoms with E-state index in [0.717, 1.165) is 24.2 Å². The van der Waals surface area contributed by atoms with Crippen LogP contribution >= 0.6 is 0 Å². The molecule has 0 bridgehead atoms. The largest absolute Gasteiger partial charge is 0.252 e. The van der Waals surface area contributed by atoms with Crippen LogP contribution in [-0.4, -0.2) is 11.4 Å². The zero-order valence-corrected chi connectivity index (χ0v) is 32.0. The standard InChI is InChI=1S/C45H74N2/c1-7-9-11-12-13-14-15-16-17-18-19-20-21-22-23-24-25-26-27-29-31-45(47-43-36-40(5)33-41(6)37-43)44(30-28-10-8-2)46-42-34-38(3)32-39(4)35-42/h32-37H,7-31H2,1-6H3. The first-order valence-corrected chi connectivity index (χ1v) is 20.2. The molecule has 2 aromatic carbocycles. The van der Waals surface area contributed by atoms with Crippen molar-refractivity contribution in [3.8, 4) is 0 Å². The van der Waals surface area contributed by atoms with Gasteiger partial charge in [-0.1, -0.05) is 161 Å². The van der Waals surface area contributed by atoms with E-state index in [4.69, 9.17) is 9.98 Å². The third-order valence-electron chi connectivity index (χ3n) is 9.56. The van der Waals surface area contributed by atoms with Crippen molar-refractivity contribution in [2.75, 3.05) is 0 Å². The molecule has 47 heavy (non-hydrogen) atoms. The fourth-order valence-corrected chi connectivity index (χ4v) is 6.96. The quantitative estimate of drug-likeness (QED) is 0.0652. The molecule has 0 radical (unpaired) electrons. The number of unbranched alkanes of at least 4 members (excludes halogenated alkanes) is 21. The molecule has 0 aliphatic rings. The molecule has 0 saturated carbocycles. The highest BCUT2D eigenvalue weighted by atomic mass is 14.8. The van der Waals surface area contributed by atoms with Crippen molar-refractivity contribution >= 4 is 22.8 Å². The second kappa shape index (κ2) is 26.7. The first-order chi connectivity index (χ1) is 22.9.